The largest absolute Gasteiger partial charge is 0.350 e. The number of carbonyl (C=O) groups is 1. The van der Waals surface area contributed by atoms with E-state index in [4.69, 9.17) is 9.47 Å². The number of H-pyrrole nitrogens is 1. The number of carbonyl (C=O) groups excluding carboxylic acids is 1. The Bertz CT molecular complexity index is 854. The van der Waals surface area contributed by atoms with E-state index in [9.17, 15) is 9.59 Å². The molecule has 148 valence electrons. The van der Waals surface area contributed by atoms with E-state index in [-0.39, 0.29) is 29.9 Å². The number of benzene rings is 1. The zero-order valence-electron chi connectivity index (χ0n) is 16.6. The smallest absolute Gasteiger partial charge is 0.326 e. The maximum Gasteiger partial charge on any atom is 0.326 e. The molecular formula is C20H29N3O4. The highest BCUT2D eigenvalue weighted by atomic mass is 16.7. The first-order chi connectivity index (χ1) is 12.7. The van der Waals surface area contributed by atoms with Crippen LogP contribution in [0, 0.1) is 0 Å². The lowest BCUT2D eigenvalue weighted by atomic mass is 10.0. The molecule has 1 aromatic carbocycles. The van der Waals surface area contributed by atoms with Gasteiger partial charge >= 0.3 is 5.69 Å². The van der Waals surface area contributed by atoms with E-state index in [0.717, 1.165) is 37.0 Å². The first-order valence-corrected chi connectivity index (χ1v) is 9.44. The fourth-order valence-electron chi connectivity index (χ4n) is 3.40. The average Bonchev–Trinajstić information content (AvgIpc) is 2.93. The Labute approximate surface area is 159 Å². The van der Waals surface area contributed by atoms with Crippen LogP contribution in [0.25, 0.3) is 11.0 Å². The molecule has 3 rings (SSSR count). The zero-order valence-corrected chi connectivity index (χ0v) is 16.6. The summed E-state index contributed by atoms with van der Waals surface area (Å²) < 4.78 is 13.0. The van der Waals surface area contributed by atoms with Crippen LogP contribution in [0.3, 0.4) is 0 Å². The SMILES string of the molecule is CC(=O)c1ccc2c(c1)[nH]c(=O)n2C1CCN(COCOC(C)(C)C)CC1. The second-order valence-corrected chi connectivity index (χ2v) is 8.15. The summed E-state index contributed by atoms with van der Waals surface area (Å²) in [7, 11) is 0. The number of nitrogens with zero attached hydrogens (tertiary/aromatic N) is 2. The van der Waals surface area contributed by atoms with Gasteiger partial charge in [0.2, 0.25) is 0 Å². The summed E-state index contributed by atoms with van der Waals surface area (Å²) in [6.45, 7) is 10.1. The highest BCUT2D eigenvalue weighted by Gasteiger charge is 2.24. The molecule has 7 nitrogen and oxygen atoms in total. The molecule has 0 aliphatic carbocycles. The Morgan fingerprint density at radius 3 is 2.59 bits per heavy atom. The highest BCUT2D eigenvalue weighted by Crippen LogP contribution is 2.25. The molecule has 0 unspecified atom stereocenters. The number of rotatable bonds is 6. The second-order valence-electron chi connectivity index (χ2n) is 8.15. The predicted molar refractivity (Wildman–Crippen MR) is 104 cm³/mol. The molecule has 1 fully saturated rings. The molecule has 0 amide bonds. The van der Waals surface area contributed by atoms with Crippen LogP contribution in [0.15, 0.2) is 23.0 Å². The quantitative estimate of drug-likeness (QED) is 0.477. The van der Waals surface area contributed by atoms with Gasteiger partial charge in [-0.15, -0.1) is 0 Å². The summed E-state index contributed by atoms with van der Waals surface area (Å²) in [5.41, 5.74) is 1.88. The van der Waals surface area contributed by atoms with E-state index >= 15 is 0 Å². The van der Waals surface area contributed by atoms with E-state index in [1.165, 1.54) is 6.92 Å². The van der Waals surface area contributed by atoms with Gasteiger partial charge in [-0.3, -0.25) is 14.3 Å². The number of Topliss-reactive ketones (excluding diaryl/α,β-unsaturated/α-hetero) is 1. The Hall–Kier alpha value is -1.96. The molecule has 0 bridgehead atoms. The van der Waals surface area contributed by atoms with Crippen LogP contribution in [0.1, 0.15) is 56.9 Å². The number of hydrogen-bond donors (Lipinski definition) is 1. The highest BCUT2D eigenvalue weighted by molar-refractivity contribution is 5.97. The fraction of sp³-hybridized carbons (Fsp3) is 0.600. The molecule has 1 aliphatic rings. The number of nitrogens with one attached hydrogen (secondary N) is 1. The van der Waals surface area contributed by atoms with Crippen LogP contribution in [0.5, 0.6) is 0 Å². The van der Waals surface area contributed by atoms with Crippen molar-refractivity contribution in [3.05, 3.63) is 34.2 Å². The van der Waals surface area contributed by atoms with E-state index in [0.29, 0.717) is 12.3 Å². The lowest BCUT2D eigenvalue weighted by Gasteiger charge is -2.32. The van der Waals surface area contributed by atoms with Gasteiger partial charge in [0.15, 0.2) is 5.78 Å². The molecule has 1 saturated heterocycles. The van der Waals surface area contributed by atoms with Gasteiger partial charge in [-0.1, -0.05) is 0 Å². The van der Waals surface area contributed by atoms with Crippen LogP contribution in [0.4, 0.5) is 0 Å². The number of ether oxygens (including phenoxy) is 2. The van der Waals surface area contributed by atoms with Gasteiger partial charge < -0.3 is 14.5 Å². The number of imidazole rings is 1. The summed E-state index contributed by atoms with van der Waals surface area (Å²) in [5.74, 6) is -0.00533. The summed E-state index contributed by atoms with van der Waals surface area (Å²) >= 11 is 0. The van der Waals surface area contributed by atoms with Crippen molar-refractivity contribution in [1.82, 2.24) is 14.5 Å². The minimum absolute atomic E-state index is 0.00533. The van der Waals surface area contributed by atoms with Gasteiger partial charge in [-0.25, -0.2) is 4.79 Å². The minimum Gasteiger partial charge on any atom is -0.350 e. The maximum atomic E-state index is 12.5. The molecule has 2 heterocycles. The van der Waals surface area contributed by atoms with Crippen LogP contribution >= 0.6 is 0 Å². The number of likely N-dealkylation sites (tertiary alicyclic amines) is 1. The Kier molecular flexibility index (Phi) is 5.83. The predicted octanol–water partition coefficient (Wildman–Crippen LogP) is 2.92. The van der Waals surface area contributed by atoms with Gasteiger partial charge in [0.05, 0.1) is 16.6 Å². The molecule has 2 aromatic rings. The first-order valence-electron chi connectivity index (χ1n) is 9.44. The zero-order chi connectivity index (χ0) is 19.6. The molecule has 7 heteroatoms. The molecule has 0 radical (unpaired) electrons. The molecule has 0 spiro atoms. The summed E-state index contributed by atoms with van der Waals surface area (Å²) in [5, 5.41) is 0. The van der Waals surface area contributed by atoms with Crippen LogP contribution in [-0.2, 0) is 9.47 Å². The lowest BCUT2D eigenvalue weighted by molar-refractivity contribution is -0.143. The molecular weight excluding hydrogens is 346 g/mol. The van der Waals surface area contributed by atoms with Gasteiger partial charge in [-0.2, -0.15) is 0 Å². The normalized spacial score (nSPS) is 16.9. The number of piperidine rings is 1. The second kappa shape index (κ2) is 7.96. The van der Waals surface area contributed by atoms with Crippen molar-refractivity contribution >= 4 is 16.8 Å². The van der Waals surface area contributed by atoms with Crippen LogP contribution < -0.4 is 5.69 Å². The van der Waals surface area contributed by atoms with Crippen LogP contribution in [-0.4, -0.2) is 52.4 Å². The summed E-state index contributed by atoms with van der Waals surface area (Å²) in [6, 6.07) is 5.56. The number of aromatic nitrogens is 2. The van der Waals surface area contributed by atoms with Crippen molar-refractivity contribution in [2.45, 2.75) is 52.2 Å². The Morgan fingerprint density at radius 2 is 1.96 bits per heavy atom. The van der Waals surface area contributed by atoms with Gasteiger partial charge in [0.25, 0.3) is 0 Å². The van der Waals surface area contributed by atoms with Crippen molar-refractivity contribution in [2.75, 3.05) is 26.6 Å². The third-order valence-electron chi connectivity index (χ3n) is 4.89. The fourth-order valence-corrected chi connectivity index (χ4v) is 3.40. The average molecular weight is 375 g/mol. The Balaban J connectivity index is 1.60. The monoisotopic (exact) mass is 375 g/mol. The van der Waals surface area contributed by atoms with Gasteiger partial charge in [0, 0.05) is 24.7 Å². The molecule has 0 saturated carbocycles. The van der Waals surface area contributed by atoms with E-state index in [1.54, 1.807) is 12.1 Å². The molecule has 0 atom stereocenters. The third kappa shape index (κ3) is 4.86. The summed E-state index contributed by atoms with van der Waals surface area (Å²) in [6.07, 6.45) is 1.76. The Morgan fingerprint density at radius 1 is 1.26 bits per heavy atom. The van der Waals surface area contributed by atoms with Crippen molar-refractivity contribution in [3.63, 3.8) is 0 Å². The van der Waals surface area contributed by atoms with Crippen molar-refractivity contribution in [2.24, 2.45) is 0 Å². The molecule has 1 N–H and O–H groups in total. The molecule has 27 heavy (non-hydrogen) atoms. The minimum atomic E-state index is -0.203. The van der Waals surface area contributed by atoms with E-state index in [2.05, 4.69) is 9.88 Å². The van der Waals surface area contributed by atoms with E-state index < -0.39 is 0 Å². The molecule has 1 aliphatic heterocycles. The maximum absolute atomic E-state index is 12.5. The number of hydrogen-bond acceptors (Lipinski definition) is 5. The lowest BCUT2D eigenvalue weighted by Crippen LogP contribution is -2.38. The van der Waals surface area contributed by atoms with Crippen LogP contribution in [0.2, 0.25) is 0 Å². The summed E-state index contributed by atoms with van der Waals surface area (Å²) in [4.78, 5) is 29.1. The standard InChI is InChI=1S/C20H29N3O4/c1-14(24)15-5-6-18-17(11-15)21-19(25)23(18)16-7-9-22(10-8-16)12-26-13-27-20(2,3)4/h5-6,11,16H,7-10,12-13H2,1-4H3,(H,21,25). The first kappa shape index (κ1) is 19.8. The molecule has 1 aromatic heterocycles. The number of ketones is 1. The van der Waals surface area contributed by atoms with Crippen molar-refractivity contribution in [3.8, 4) is 0 Å². The van der Waals surface area contributed by atoms with Crippen molar-refractivity contribution in [1.29, 1.82) is 0 Å². The third-order valence-corrected chi connectivity index (χ3v) is 4.89. The van der Waals surface area contributed by atoms with Crippen molar-refractivity contribution < 1.29 is 14.3 Å². The number of aromatic amines is 1. The topological polar surface area (TPSA) is 76.6 Å². The van der Waals surface area contributed by atoms with Gasteiger partial charge in [-0.05, 0) is 58.7 Å². The van der Waals surface area contributed by atoms with Gasteiger partial charge in [0.1, 0.15) is 13.5 Å². The number of fused-ring (bicyclic) bond motifs is 1. The van der Waals surface area contributed by atoms with E-state index in [1.807, 2.05) is 31.4 Å².